The van der Waals surface area contributed by atoms with Gasteiger partial charge in [0.1, 0.15) is 17.5 Å². The van der Waals surface area contributed by atoms with Gasteiger partial charge in [-0.25, -0.2) is 0 Å². The highest BCUT2D eigenvalue weighted by molar-refractivity contribution is 6.04. The predicted octanol–water partition coefficient (Wildman–Crippen LogP) is 0.801. The number of anilines is 2. The molecule has 1 aliphatic rings. The maximum atomic E-state index is 11.9. The van der Waals surface area contributed by atoms with E-state index in [0.29, 0.717) is 13.0 Å². The summed E-state index contributed by atoms with van der Waals surface area (Å²) in [6.45, 7) is 0.479. The molecule has 0 aliphatic carbocycles. The number of likely N-dealkylation sites (N-methyl/N-ethyl adjacent to an activating group) is 1. The number of benzene rings is 1. The van der Waals surface area contributed by atoms with Crippen LogP contribution < -0.4 is 20.7 Å². The largest absolute Gasteiger partial charge is 0.495 e. The number of hydrogen-bond donors (Lipinski definition) is 2. The van der Waals surface area contributed by atoms with Gasteiger partial charge in [-0.3, -0.25) is 4.79 Å². The fourth-order valence-electron chi connectivity index (χ4n) is 2.18. The molecular formula is C12H17N3O2. The van der Waals surface area contributed by atoms with Crippen LogP contribution in [0.25, 0.3) is 0 Å². The second-order valence-corrected chi connectivity index (χ2v) is 4.05. The summed E-state index contributed by atoms with van der Waals surface area (Å²) in [5.41, 5.74) is 7.23. The number of ether oxygens (including phenoxy) is 1. The molecule has 0 saturated heterocycles. The first kappa shape index (κ1) is 11.7. The van der Waals surface area contributed by atoms with Gasteiger partial charge in [0.25, 0.3) is 0 Å². The number of carbonyl (C=O) groups excluding carboxylic acids is 1. The van der Waals surface area contributed by atoms with Crippen molar-refractivity contribution in [3.63, 3.8) is 0 Å². The normalized spacial score (nSPS) is 18.6. The molecule has 17 heavy (non-hydrogen) atoms. The third-order valence-corrected chi connectivity index (χ3v) is 3.04. The van der Waals surface area contributed by atoms with Crippen LogP contribution in [0.5, 0.6) is 5.75 Å². The highest BCUT2D eigenvalue weighted by Crippen LogP contribution is 2.39. The average molecular weight is 235 g/mol. The zero-order valence-corrected chi connectivity index (χ0v) is 10.1. The Balaban J connectivity index is 2.44. The lowest BCUT2D eigenvalue weighted by molar-refractivity contribution is -0.117. The average Bonchev–Trinajstić information content (AvgIpc) is 2.33. The lowest BCUT2D eigenvalue weighted by Gasteiger charge is -2.35. The quantitative estimate of drug-likeness (QED) is 0.813. The molecule has 0 saturated carbocycles. The first-order chi connectivity index (χ1) is 8.19. The Labute approximate surface area is 101 Å². The van der Waals surface area contributed by atoms with E-state index in [1.165, 1.54) is 0 Å². The van der Waals surface area contributed by atoms with Crippen LogP contribution in [0.3, 0.4) is 0 Å². The minimum atomic E-state index is -0.233. The number of hydrogen-bond acceptors (Lipinski definition) is 4. The summed E-state index contributed by atoms with van der Waals surface area (Å²) < 4.78 is 5.32. The van der Waals surface area contributed by atoms with Gasteiger partial charge < -0.3 is 20.7 Å². The van der Waals surface area contributed by atoms with Crippen molar-refractivity contribution in [2.75, 3.05) is 30.9 Å². The molecule has 1 amide bonds. The molecule has 1 aromatic carbocycles. The predicted molar refractivity (Wildman–Crippen MR) is 67.5 cm³/mol. The standard InChI is InChI=1S/C12H17N3O2/c1-15-9(6-7-13)12(16)14-8-4-3-5-10(17-2)11(8)15/h3-5,9H,6-7,13H2,1-2H3,(H,14,16). The maximum absolute atomic E-state index is 11.9. The van der Waals surface area contributed by atoms with E-state index in [1.54, 1.807) is 7.11 Å². The molecule has 1 atom stereocenters. The fourth-order valence-corrected chi connectivity index (χ4v) is 2.18. The van der Waals surface area contributed by atoms with E-state index in [9.17, 15) is 4.79 Å². The van der Waals surface area contributed by atoms with Crippen molar-refractivity contribution < 1.29 is 9.53 Å². The second kappa shape index (κ2) is 4.63. The summed E-state index contributed by atoms with van der Waals surface area (Å²) in [4.78, 5) is 13.8. The summed E-state index contributed by atoms with van der Waals surface area (Å²) in [6.07, 6.45) is 0.625. The van der Waals surface area contributed by atoms with Crippen molar-refractivity contribution in [3.8, 4) is 5.75 Å². The Kier molecular flexibility index (Phi) is 3.19. The number of fused-ring (bicyclic) bond motifs is 1. The van der Waals surface area contributed by atoms with Crippen molar-refractivity contribution in [1.29, 1.82) is 0 Å². The van der Waals surface area contributed by atoms with Gasteiger partial charge in [-0.05, 0) is 25.1 Å². The van der Waals surface area contributed by atoms with E-state index in [4.69, 9.17) is 10.5 Å². The van der Waals surface area contributed by atoms with Crippen molar-refractivity contribution in [3.05, 3.63) is 18.2 Å². The number of carbonyl (C=O) groups is 1. The highest BCUT2D eigenvalue weighted by Gasteiger charge is 2.31. The lowest BCUT2D eigenvalue weighted by atomic mass is 10.1. The molecule has 1 aromatic rings. The van der Waals surface area contributed by atoms with Gasteiger partial charge in [0.2, 0.25) is 5.91 Å². The topological polar surface area (TPSA) is 67.6 Å². The number of methoxy groups -OCH3 is 1. The van der Waals surface area contributed by atoms with Crippen molar-refractivity contribution >= 4 is 17.3 Å². The van der Waals surface area contributed by atoms with Crippen LogP contribution in [-0.4, -0.2) is 32.7 Å². The third-order valence-electron chi connectivity index (χ3n) is 3.04. The van der Waals surface area contributed by atoms with Crippen LogP contribution in [0.1, 0.15) is 6.42 Å². The van der Waals surface area contributed by atoms with Crippen molar-refractivity contribution in [2.45, 2.75) is 12.5 Å². The molecule has 0 radical (unpaired) electrons. The Bertz CT molecular complexity index is 434. The third kappa shape index (κ3) is 1.93. The van der Waals surface area contributed by atoms with Gasteiger partial charge in [-0.1, -0.05) is 6.07 Å². The number of rotatable bonds is 3. The molecule has 1 unspecified atom stereocenters. The van der Waals surface area contributed by atoms with E-state index in [1.807, 2.05) is 30.1 Å². The summed E-state index contributed by atoms with van der Waals surface area (Å²) in [7, 11) is 3.51. The summed E-state index contributed by atoms with van der Waals surface area (Å²) in [5.74, 6) is 0.741. The molecule has 0 fully saturated rings. The van der Waals surface area contributed by atoms with Crippen molar-refractivity contribution in [1.82, 2.24) is 0 Å². The fraction of sp³-hybridized carbons (Fsp3) is 0.417. The van der Waals surface area contributed by atoms with Gasteiger partial charge in [0.15, 0.2) is 0 Å². The molecular weight excluding hydrogens is 218 g/mol. The zero-order valence-electron chi connectivity index (χ0n) is 10.1. The van der Waals surface area contributed by atoms with Crippen LogP contribution in [-0.2, 0) is 4.79 Å². The molecule has 1 heterocycles. The van der Waals surface area contributed by atoms with Crippen LogP contribution in [0, 0.1) is 0 Å². The summed E-state index contributed by atoms with van der Waals surface area (Å²) in [6, 6.07) is 5.37. The number of para-hydroxylation sites is 1. The number of nitrogens with two attached hydrogens (primary N) is 1. The van der Waals surface area contributed by atoms with E-state index in [0.717, 1.165) is 17.1 Å². The van der Waals surface area contributed by atoms with Gasteiger partial charge in [-0.2, -0.15) is 0 Å². The first-order valence-electron chi connectivity index (χ1n) is 5.59. The van der Waals surface area contributed by atoms with Crippen LogP contribution >= 0.6 is 0 Å². The molecule has 0 bridgehead atoms. The minimum Gasteiger partial charge on any atom is -0.495 e. The lowest BCUT2D eigenvalue weighted by Crippen LogP contribution is -2.47. The highest BCUT2D eigenvalue weighted by atomic mass is 16.5. The summed E-state index contributed by atoms with van der Waals surface area (Å²) >= 11 is 0. The van der Waals surface area contributed by atoms with E-state index < -0.39 is 0 Å². The Morgan fingerprint density at radius 3 is 2.94 bits per heavy atom. The molecule has 2 rings (SSSR count). The van der Waals surface area contributed by atoms with Gasteiger partial charge in [0.05, 0.1) is 12.8 Å². The molecule has 92 valence electrons. The molecule has 0 aromatic heterocycles. The molecule has 5 heteroatoms. The van der Waals surface area contributed by atoms with Crippen LogP contribution in [0.2, 0.25) is 0 Å². The van der Waals surface area contributed by atoms with Gasteiger partial charge in [-0.15, -0.1) is 0 Å². The van der Waals surface area contributed by atoms with E-state index in [2.05, 4.69) is 5.32 Å². The number of nitrogens with one attached hydrogen (secondary N) is 1. The first-order valence-corrected chi connectivity index (χ1v) is 5.59. The Morgan fingerprint density at radius 1 is 1.53 bits per heavy atom. The van der Waals surface area contributed by atoms with Crippen LogP contribution in [0.15, 0.2) is 18.2 Å². The zero-order chi connectivity index (χ0) is 12.4. The maximum Gasteiger partial charge on any atom is 0.247 e. The smallest absolute Gasteiger partial charge is 0.247 e. The number of nitrogens with zero attached hydrogens (tertiary/aromatic N) is 1. The van der Waals surface area contributed by atoms with Gasteiger partial charge in [0, 0.05) is 7.05 Å². The molecule has 0 spiro atoms. The van der Waals surface area contributed by atoms with Crippen molar-refractivity contribution in [2.24, 2.45) is 5.73 Å². The molecule has 5 nitrogen and oxygen atoms in total. The van der Waals surface area contributed by atoms with E-state index >= 15 is 0 Å². The Morgan fingerprint density at radius 2 is 2.29 bits per heavy atom. The Hall–Kier alpha value is -1.75. The minimum absolute atomic E-state index is 0.0151. The van der Waals surface area contributed by atoms with Gasteiger partial charge >= 0.3 is 0 Å². The second-order valence-electron chi connectivity index (χ2n) is 4.05. The summed E-state index contributed by atoms with van der Waals surface area (Å²) in [5, 5.41) is 2.88. The van der Waals surface area contributed by atoms with E-state index in [-0.39, 0.29) is 11.9 Å². The monoisotopic (exact) mass is 235 g/mol. The number of amides is 1. The molecule has 1 aliphatic heterocycles. The molecule has 3 N–H and O–H groups in total. The van der Waals surface area contributed by atoms with Crippen LogP contribution in [0.4, 0.5) is 11.4 Å². The SMILES string of the molecule is COc1cccc2c1N(C)C(CCN)C(=O)N2.